The van der Waals surface area contributed by atoms with Gasteiger partial charge in [-0.3, -0.25) is 0 Å². The van der Waals surface area contributed by atoms with Gasteiger partial charge in [-0.1, -0.05) is 30.3 Å². The maximum atomic E-state index is 13.5. The van der Waals surface area contributed by atoms with Crippen LogP contribution in [0.3, 0.4) is 0 Å². The highest BCUT2D eigenvalue weighted by molar-refractivity contribution is 7.80. The molecule has 2 aromatic rings. The molecule has 0 aliphatic carbocycles. The molecule has 22 heavy (non-hydrogen) atoms. The molecule has 0 bridgehead atoms. The van der Waals surface area contributed by atoms with Crippen LogP contribution in [-0.2, 0) is 6.42 Å². The van der Waals surface area contributed by atoms with Crippen LogP contribution in [0.1, 0.15) is 18.4 Å². The number of hydrogen-bond acceptors (Lipinski definition) is 1. The lowest BCUT2D eigenvalue weighted by Gasteiger charge is -2.11. The number of halogens is 2. The van der Waals surface area contributed by atoms with E-state index in [1.54, 1.807) is 0 Å². The van der Waals surface area contributed by atoms with Crippen LogP contribution < -0.4 is 10.6 Å². The molecule has 0 saturated heterocycles. The van der Waals surface area contributed by atoms with Crippen LogP contribution in [0, 0.1) is 11.6 Å². The van der Waals surface area contributed by atoms with Crippen LogP contribution in [0.5, 0.6) is 0 Å². The fourth-order valence-corrected chi connectivity index (χ4v) is 2.27. The topological polar surface area (TPSA) is 24.1 Å². The first-order chi connectivity index (χ1) is 10.6. The number of nitrogens with one attached hydrogen (secondary N) is 2. The Morgan fingerprint density at radius 3 is 2.50 bits per heavy atom. The van der Waals surface area contributed by atoms with Crippen LogP contribution >= 0.6 is 12.2 Å². The lowest BCUT2D eigenvalue weighted by Crippen LogP contribution is -2.29. The number of unbranched alkanes of at least 4 members (excludes halogenated alkanes) is 1. The highest BCUT2D eigenvalue weighted by Crippen LogP contribution is 2.14. The van der Waals surface area contributed by atoms with Gasteiger partial charge in [0.2, 0.25) is 0 Å². The average molecular weight is 320 g/mol. The van der Waals surface area contributed by atoms with Crippen molar-refractivity contribution in [2.45, 2.75) is 19.3 Å². The zero-order chi connectivity index (χ0) is 15.8. The Labute approximate surface area is 134 Å². The van der Waals surface area contributed by atoms with Crippen LogP contribution in [0.15, 0.2) is 48.5 Å². The van der Waals surface area contributed by atoms with E-state index >= 15 is 0 Å². The van der Waals surface area contributed by atoms with Crippen molar-refractivity contribution in [3.05, 3.63) is 65.7 Å². The van der Waals surface area contributed by atoms with Gasteiger partial charge in [0.25, 0.3) is 0 Å². The Morgan fingerprint density at radius 1 is 1.00 bits per heavy atom. The van der Waals surface area contributed by atoms with Gasteiger partial charge in [-0.2, -0.15) is 0 Å². The van der Waals surface area contributed by atoms with E-state index in [0.717, 1.165) is 25.3 Å². The molecule has 0 spiro atoms. The fraction of sp³-hybridized carbons (Fsp3) is 0.235. The number of thiocarbonyl (C=S) groups is 1. The van der Waals surface area contributed by atoms with Crippen molar-refractivity contribution in [3.63, 3.8) is 0 Å². The molecule has 0 heterocycles. The zero-order valence-electron chi connectivity index (χ0n) is 12.1. The van der Waals surface area contributed by atoms with Crippen molar-refractivity contribution in [3.8, 4) is 0 Å². The average Bonchev–Trinajstić information content (AvgIpc) is 2.51. The number of anilines is 1. The lowest BCUT2D eigenvalue weighted by molar-refractivity contribution is 0.586. The highest BCUT2D eigenvalue weighted by atomic mass is 32.1. The molecule has 0 unspecified atom stereocenters. The third kappa shape index (κ3) is 5.41. The molecule has 2 N–H and O–H groups in total. The molecule has 2 nitrogen and oxygen atoms in total. The van der Waals surface area contributed by atoms with Crippen molar-refractivity contribution < 1.29 is 8.78 Å². The van der Waals surface area contributed by atoms with Gasteiger partial charge in [-0.15, -0.1) is 0 Å². The van der Waals surface area contributed by atoms with Crippen molar-refractivity contribution in [2.75, 3.05) is 11.9 Å². The number of benzene rings is 2. The smallest absolute Gasteiger partial charge is 0.170 e. The molecule has 0 aliphatic rings. The normalized spacial score (nSPS) is 10.3. The first-order valence-corrected chi connectivity index (χ1v) is 7.60. The summed E-state index contributed by atoms with van der Waals surface area (Å²) in [7, 11) is 0. The van der Waals surface area contributed by atoms with Crippen LogP contribution in [-0.4, -0.2) is 11.7 Å². The van der Waals surface area contributed by atoms with Gasteiger partial charge >= 0.3 is 0 Å². The first-order valence-electron chi connectivity index (χ1n) is 7.19. The summed E-state index contributed by atoms with van der Waals surface area (Å²) in [5.74, 6) is -1.27. The Morgan fingerprint density at radius 2 is 1.77 bits per heavy atom. The highest BCUT2D eigenvalue weighted by Gasteiger charge is 2.05. The summed E-state index contributed by atoms with van der Waals surface area (Å²) in [5.41, 5.74) is 1.49. The van der Waals surface area contributed by atoms with E-state index in [1.807, 2.05) is 18.2 Å². The maximum Gasteiger partial charge on any atom is 0.170 e. The maximum absolute atomic E-state index is 13.5. The lowest BCUT2D eigenvalue weighted by atomic mass is 10.1. The Bertz CT molecular complexity index is 617. The van der Waals surface area contributed by atoms with E-state index in [1.165, 1.54) is 17.7 Å². The zero-order valence-corrected chi connectivity index (χ0v) is 12.9. The van der Waals surface area contributed by atoms with Crippen molar-refractivity contribution in [2.24, 2.45) is 0 Å². The first kappa shape index (κ1) is 16.4. The van der Waals surface area contributed by atoms with Gasteiger partial charge in [0.15, 0.2) is 5.11 Å². The van der Waals surface area contributed by atoms with Gasteiger partial charge in [0.05, 0.1) is 5.69 Å². The van der Waals surface area contributed by atoms with Gasteiger partial charge in [-0.05, 0) is 49.2 Å². The molecule has 0 aliphatic heterocycles. The third-order valence-corrected chi connectivity index (χ3v) is 3.45. The largest absolute Gasteiger partial charge is 0.362 e. The molecule has 0 saturated carbocycles. The molecular formula is C17H18F2N2S. The van der Waals surface area contributed by atoms with Crippen molar-refractivity contribution in [1.29, 1.82) is 0 Å². The second-order valence-electron chi connectivity index (χ2n) is 4.95. The minimum Gasteiger partial charge on any atom is -0.362 e. The van der Waals surface area contributed by atoms with E-state index in [-0.39, 0.29) is 5.69 Å². The molecule has 0 fully saturated rings. The standard InChI is InChI=1S/C17H18F2N2S/c18-14-9-10-16(15(19)12-14)21-17(22)20-11-5-4-8-13-6-2-1-3-7-13/h1-3,6-7,9-10,12H,4-5,8,11H2,(H2,20,21,22). The molecule has 0 aromatic heterocycles. The summed E-state index contributed by atoms with van der Waals surface area (Å²) in [6, 6.07) is 13.6. The van der Waals surface area contributed by atoms with E-state index in [0.29, 0.717) is 11.7 Å². The molecule has 2 rings (SSSR count). The van der Waals surface area contributed by atoms with Crippen LogP contribution in [0.4, 0.5) is 14.5 Å². The predicted octanol–water partition coefficient (Wildman–Crippen LogP) is 4.27. The van der Waals surface area contributed by atoms with Crippen LogP contribution in [0.25, 0.3) is 0 Å². The van der Waals surface area contributed by atoms with E-state index in [2.05, 4.69) is 22.8 Å². The summed E-state index contributed by atoms with van der Waals surface area (Å²) in [6.07, 6.45) is 3.03. The van der Waals surface area contributed by atoms with Gasteiger partial charge in [0, 0.05) is 12.6 Å². The van der Waals surface area contributed by atoms with Gasteiger partial charge in [-0.25, -0.2) is 8.78 Å². The monoisotopic (exact) mass is 320 g/mol. The second kappa shape index (κ2) is 8.44. The molecule has 0 amide bonds. The molecular weight excluding hydrogens is 302 g/mol. The number of hydrogen-bond donors (Lipinski definition) is 2. The molecule has 0 atom stereocenters. The van der Waals surface area contributed by atoms with Crippen LogP contribution in [0.2, 0.25) is 0 Å². The summed E-state index contributed by atoms with van der Waals surface area (Å²) in [6.45, 7) is 0.710. The summed E-state index contributed by atoms with van der Waals surface area (Å²) in [4.78, 5) is 0. The number of aryl methyl sites for hydroxylation is 1. The molecule has 116 valence electrons. The quantitative estimate of drug-likeness (QED) is 0.614. The molecule has 0 radical (unpaired) electrons. The SMILES string of the molecule is Fc1ccc(NC(=S)NCCCCc2ccccc2)c(F)c1. The predicted molar refractivity (Wildman–Crippen MR) is 90.0 cm³/mol. The minimum absolute atomic E-state index is 0.170. The van der Waals surface area contributed by atoms with E-state index in [4.69, 9.17) is 12.2 Å². The Kier molecular flexibility index (Phi) is 6.27. The summed E-state index contributed by atoms with van der Waals surface area (Å²) >= 11 is 5.09. The minimum atomic E-state index is -0.659. The van der Waals surface area contributed by atoms with Gasteiger partial charge in [0.1, 0.15) is 11.6 Å². The van der Waals surface area contributed by atoms with E-state index in [9.17, 15) is 8.78 Å². The van der Waals surface area contributed by atoms with Gasteiger partial charge < -0.3 is 10.6 Å². The summed E-state index contributed by atoms with van der Waals surface area (Å²) in [5, 5.41) is 6.08. The molecule has 5 heteroatoms. The molecule has 2 aromatic carbocycles. The second-order valence-corrected chi connectivity index (χ2v) is 5.36. The number of rotatable bonds is 6. The fourth-order valence-electron chi connectivity index (χ4n) is 2.06. The van der Waals surface area contributed by atoms with Crippen molar-refractivity contribution in [1.82, 2.24) is 5.32 Å². The van der Waals surface area contributed by atoms with E-state index < -0.39 is 11.6 Å². The Balaban J connectivity index is 1.65. The summed E-state index contributed by atoms with van der Waals surface area (Å²) < 4.78 is 26.2. The Hall–Kier alpha value is -2.01. The third-order valence-electron chi connectivity index (χ3n) is 3.20. The van der Waals surface area contributed by atoms with Crippen molar-refractivity contribution >= 4 is 23.0 Å².